The average Bonchev–Trinajstić information content (AvgIpc) is 2.25. The van der Waals surface area contributed by atoms with Crippen LogP contribution in [-0.2, 0) is 0 Å². The molecule has 0 bridgehead atoms. The van der Waals surface area contributed by atoms with E-state index in [1.807, 2.05) is 18.7 Å². The molecule has 1 fully saturated rings. The number of rotatable bonds is 1. The molecule has 0 aromatic carbocycles. The molecule has 1 aliphatic heterocycles. The summed E-state index contributed by atoms with van der Waals surface area (Å²) in [5, 5.41) is 8.80. The first-order valence-electron chi connectivity index (χ1n) is 5.79. The lowest BCUT2D eigenvalue weighted by Gasteiger charge is -2.38. The average molecular weight is 272 g/mol. The highest BCUT2D eigenvalue weighted by Gasteiger charge is 2.29. The first-order chi connectivity index (χ1) is 7.91. The van der Waals surface area contributed by atoms with Crippen LogP contribution >= 0.6 is 23.4 Å². The summed E-state index contributed by atoms with van der Waals surface area (Å²) in [7, 11) is 0. The lowest BCUT2D eigenvalue weighted by molar-refractivity contribution is 0.637. The van der Waals surface area contributed by atoms with E-state index in [1.165, 1.54) is 0 Å². The summed E-state index contributed by atoms with van der Waals surface area (Å²) in [4.78, 5) is 2.32. The van der Waals surface area contributed by atoms with Gasteiger partial charge in [0.05, 0.1) is 0 Å². The van der Waals surface area contributed by atoms with Crippen molar-refractivity contribution in [1.29, 1.82) is 0 Å². The lowest BCUT2D eigenvalue weighted by atomic mass is 10.1. The fourth-order valence-corrected chi connectivity index (χ4v) is 3.35. The predicted molar refractivity (Wildman–Crippen MR) is 75.3 cm³/mol. The van der Waals surface area contributed by atoms with Crippen molar-refractivity contribution in [3.05, 3.63) is 16.3 Å². The summed E-state index contributed by atoms with van der Waals surface area (Å²) >= 11 is 8.00. The third-order valence-electron chi connectivity index (χ3n) is 3.17. The Balaban J connectivity index is 2.31. The van der Waals surface area contributed by atoms with Crippen LogP contribution < -0.4 is 4.90 Å². The zero-order valence-corrected chi connectivity index (χ0v) is 12.3. The quantitative estimate of drug-likeness (QED) is 0.785. The topological polar surface area (TPSA) is 29.0 Å². The maximum Gasteiger partial charge on any atom is 0.155 e. The Kier molecular flexibility index (Phi) is 3.55. The highest BCUT2D eigenvalue weighted by Crippen LogP contribution is 2.33. The second-order valence-corrected chi connectivity index (χ2v) is 7.25. The third-order valence-corrected chi connectivity index (χ3v) is 4.82. The Hall–Kier alpha value is -0.480. The zero-order valence-electron chi connectivity index (χ0n) is 10.7. The van der Waals surface area contributed by atoms with Crippen LogP contribution in [0.4, 0.5) is 5.82 Å². The van der Waals surface area contributed by atoms with Gasteiger partial charge in [-0.1, -0.05) is 11.6 Å². The Labute approximate surface area is 112 Å². The van der Waals surface area contributed by atoms with Crippen molar-refractivity contribution in [3.8, 4) is 0 Å². The number of thioether (sulfide) groups is 1. The highest BCUT2D eigenvalue weighted by molar-refractivity contribution is 8.00. The maximum atomic E-state index is 5.98. The van der Waals surface area contributed by atoms with Gasteiger partial charge < -0.3 is 4.90 Å². The molecule has 5 heteroatoms. The van der Waals surface area contributed by atoms with E-state index in [0.29, 0.717) is 5.15 Å². The molecule has 3 nitrogen and oxygen atoms in total. The first kappa shape index (κ1) is 13.0. The van der Waals surface area contributed by atoms with Gasteiger partial charge in [-0.15, -0.1) is 10.2 Å². The van der Waals surface area contributed by atoms with Gasteiger partial charge in [0.1, 0.15) is 0 Å². The van der Waals surface area contributed by atoms with Gasteiger partial charge in [0.25, 0.3) is 0 Å². The monoisotopic (exact) mass is 271 g/mol. The second kappa shape index (κ2) is 4.65. The maximum absolute atomic E-state index is 5.98. The summed E-state index contributed by atoms with van der Waals surface area (Å²) in [6.07, 6.45) is 0. The minimum absolute atomic E-state index is 0.278. The van der Waals surface area contributed by atoms with Crippen molar-refractivity contribution < 1.29 is 0 Å². The number of nitrogens with zero attached hydrogens (tertiary/aromatic N) is 3. The van der Waals surface area contributed by atoms with Crippen molar-refractivity contribution in [2.75, 3.05) is 23.7 Å². The molecular weight excluding hydrogens is 254 g/mol. The van der Waals surface area contributed by atoms with Gasteiger partial charge in [0.15, 0.2) is 11.0 Å². The van der Waals surface area contributed by atoms with Crippen molar-refractivity contribution in [1.82, 2.24) is 10.2 Å². The van der Waals surface area contributed by atoms with E-state index in [0.717, 1.165) is 35.8 Å². The molecule has 1 saturated heterocycles. The van der Waals surface area contributed by atoms with Crippen LogP contribution in [0.5, 0.6) is 0 Å². The molecule has 0 unspecified atom stereocenters. The van der Waals surface area contributed by atoms with E-state index in [9.17, 15) is 0 Å². The van der Waals surface area contributed by atoms with Crippen molar-refractivity contribution >= 4 is 29.2 Å². The number of hydrogen-bond donors (Lipinski definition) is 0. The summed E-state index contributed by atoms with van der Waals surface area (Å²) in [6, 6.07) is 0. The standard InChI is InChI=1S/C12H18ClN3S/c1-8-9(2)11(15-14-10(8)13)16-5-6-17-12(3,4)7-16/h5-7H2,1-4H3. The predicted octanol–water partition coefficient (Wildman–Crippen LogP) is 3.08. The fraction of sp³-hybridized carbons (Fsp3) is 0.667. The molecule has 0 radical (unpaired) electrons. The zero-order chi connectivity index (χ0) is 12.6. The van der Waals surface area contributed by atoms with E-state index in [2.05, 4.69) is 35.9 Å². The summed E-state index contributed by atoms with van der Waals surface area (Å²) in [5.74, 6) is 2.12. The highest BCUT2D eigenvalue weighted by atomic mass is 35.5. The van der Waals surface area contributed by atoms with Crippen LogP contribution in [0.25, 0.3) is 0 Å². The molecule has 1 aromatic rings. The SMILES string of the molecule is Cc1c(Cl)nnc(N2CCSC(C)(C)C2)c1C. The van der Waals surface area contributed by atoms with E-state index in [-0.39, 0.29) is 4.75 Å². The number of anilines is 1. The molecule has 0 aliphatic carbocycles. The van der Waals surface area contributed by atoms with Gasteiger partial charge in [-0.25, -0.2) is 0 Å². The summed E-state index contributed by atoms with van der Waals surface area (Å²) in [5.41, 5.74) is 2.18. The molecule has 17 heavy (non-hydrogen) atoms. The Morgan fingerprint density at radius 1 is 1.24 bits per heavy atom. The van der Waals surface area contributed by atoms with Gasteiger partial charge in [0.2, 0.25) is 0 Å². The van der Waals surface area contributed by atoms with Crippen LogP contribution in [0, 0.1) is 13.8 Å². The van der Waals surface area contributed by atoms with Crippen LogP contribution in [-0.4, -0.2) is 33.8 Å². The van der Waals surface area contributed by atoms with Crippen LogP contribution in [0.3, 0.4) is 0 Å². The first-order valence-corrected chi connectivity index (χ1v) is 7.15. The van der Waals surface area contributed by atoms with Crippen molar-refractivity contribution in [2.24, 2.45) is 0 Å². The third kappa shape index (κ3) is 2.68. The molecule has 2 rings (SSSR count). The van der Waals surface area contributed by atoms with Crippen LogP contribution in [0.2, 0.25) is 5.15 Å². The minimum Gasteiger partial charge on any atom is -0.353 e. The Morgan fingerprint density at radius 2 is 1.94 bits per heavy atom. The van der Waals surface area contributed by atoms with Gasteiger partial charge in [-0.2, -0.15) is 11.8 Å². The van der Waals surface area contributed by atoms with Crippen molar-refractivity contribution in [2.45, 2.75) is 32.4 Å². The van der Waals surface area contributed by atoms with E-state index in [4.69, 9.17) is 11.6 Å². The van der Waals surface area contributed by atoms with Gasteiger partial charge in [-0.3, -0.25) is 0 Å². The van der Waals surface area contributed by atoms with E-state index < -0.39 is 0 Å². The smallest absolute Gasteiger partial charge is 0.155 e. The van der Waals surface area contributed by atoms with Crippen molar-refractivity contribution in [3.63, 3.8) is 0 Å². The molecule has 1 aliphatic rings. The minimum atomic E-state index is 0.278. The van der Waals surface area contributed by atoms with E-state index in [1.54, 1.807) is 0 Å². The Bertz CT molecular complexity index is 434. The van der Waals surface area contributed by atoms with Gasteiger partial charge >= 0.3 is 0 Å². The molecule has 94 valence electrons. The van der Waals surface area contributed by atoms with E-state index >= 15 is 0 Å². The molecular formula is C12H18ClN3S. The summed E-state index contributed by atoms with van der Waals surface area (Å²) < 4.78 is 0.278. The molecule has 2 heterocycles. The molecule has 0 saturated carbocycles. The number of hydrogen-bond acceptors (Lipinski definition) is 4. The Morgan fingerprint density at radius 3 is 2.59 bits per heavy atom. The molecule has 0 N–H and O–H groups in total. The fourth-order valence-electron chi connectivity index (χ4n) is 2.06. The molecule has 1 aromatic heterocycles. The van der Waals surface area contributed by atoms with Crippen LogP contribution in [0.1, 0.15) is 25.0 Å². The molecule has 0 atom stereocenters. The number of aromatic nitrogens is 2. The summed E-state index contributed by atoms with van der Waals surface area (Å²) in [6.45, 7) is 10.7. The largest absolute Gasteiger partial charge is 0.353 e. The number of halogens is 1. The van der Waals surface area contributed by atoms with Gasteiger partial charge in [0, 0.05) is 23.6 Å². The second-order valence-electron chi connectivity index (χ2n) is 5.09. The normalized spacial score (nSPS) is 19.5. The molecule has 0 amide bonds. The van der Waals surface area contributed by atoms with Gasteiger partial charge in [-0.05, 0) is 38.8 Å². The lowest BCUT2D eigenvalue weighted by Crippen LogP contribution is -2.44. The van der Waals surface area contributed by atoms with Crippen LogP contribution in [0.15, 0.2) is 0 Å². The molecule has 0 spiro atoms.